The zero-order chi connectivity index (χ0) is 14.0. The third-order valence-corrected chi connectivity index (χ3v) is 2.93. The minimum Gasteiger partial charge on any atom is -0.494 e. The first-order chi connectivity index (χ1) is 9.02. The number of nitrogens with zero attached hydrogens (tertiary/aromatic N) is 2. The summed E-state index contributed by atoms with van der Waals surface area (Å²) in [4.78, 5) is 29.6. The van der Waals surface area contributed by atoms with Crippen molar-refractivity contribution in [1.29, 1.82) is 0 Å². The average Bonchev–Trinajstić information content (AvgIpc) is 2.37. The van der Waals surface area contributed by atoms with Gasteiger partial charge in [0.05, 0.1) is 12.1 Å². The summed E-state index contributed by atoms with van der Waals surface area (Å²) < 4.78 is 1.13. The van der Waals surface area contributed by atoms with Gasteiger partial charge in [0.25, 0.3) is 5.56 Å². The van der Waals surface area contributed by atoms with Crippen molar-refractivity contribution in [3.8, 4) is 5.88 Å². The number of aryl methyl sites for hydroxylation is 1. The van der Waals surface area contributed by atoms with E-state index in [2.05, 4.69) is 9.97 Å². The van der Waals surface area contributed by atoms with Crippen LogP contribution >= 0.6 is 0 Å². The second-order valence-corrected chi connectivity index (χ2v) is 4.31. The van der Waals surface area contributed by atoms with E-state index in [0.29, 0.717) is 6.42 Å². The van der Waals surface area contributed by atoms with Gasteiger partial charge >= 0.3 is 5.69 Å². The lowest BCUT2D eigenvalue weighted by Crippen LogP contribution is -2.32. The molecule has 0 fully saturated rings. The predicted octanol–water partition coefficient (Wildman–Crippen LogP) is 0.556. The van der Waals surface area contributed by atoms with Crippen molar-refractivity contribution in [3.05, 3.63) is 56.0 Å². The monoisotopic (exact) mass is 261 g/mol. The van der Waals surface area contributed by atoms with Gasteiger partial charge in [0.15, 0.2) is 0 Å². The second-order valence-electron chi connectivity index (χ2n) is 4.31. The molecule has 2 heterocycles. The Morgan fingerprint density at radius 3 is 2.68 bits per heavy atom. The second kappa shape index (κ2) is 5.09. The van der Waals surface area contributed by atoms with Crippen LogP contribution in [0.2, 0.25) is 0 Å². The molecule has 6 heteroatoms. The van der Waals surface area contributed by atoms with Gasteiger partial charge in [0.2, 0.25) is 5.88 Å². The van der Waals surface area contributed by atoms with Crippen molar-refractivity contribution in [2.45, 2.75) is 26.8 Å². The summed E-state index contributed by atoms with van der Waals surface area (Å²) in [5.41, 5.74) is 0.691. The number of hydrogen-bond donors (Lipinski definition) is 2. The quantitative estimate of drug-likeness (QED) is 0.844. The lowest BCUT2D eigenvalue weighted by Gasteiger charge is -2.10. The van der Waals surface area contributed by atoms with E-state index in [1.807, 2.05) is 19.1 Å². The molecule has 0 aliphatic carbocycles. The normalized spacial score (nSPS) is 10.6. The average molecular weight is 261 g/mol. The first-order valence-corrected chi connectivity index (χ1v) is 5.99. The Hall–Kier alpha value is -2.37. The van der Waals surface area contributed by atoms with Gasteiger partial charge in [-0.15, -0.1) is 0 Å². The van der Waals surface area contributed by atoms with Gasteiger partial charge in [0, 0.05) is 11.9 Å². The van der Waals surface area contributed by atoms with Crippen LogP contribution in [0, 0.1) is 6.92 Å². The summed E-state index contributed by atoms with van der Waals surface area (Å²) in [7, 11) is 0. The molecule has 2 rings (SSSR count). The first-order valence-electron chi connectivity index (χ1n) is 5.99. The van der Waals surface area contributed by atoms with Gasteiger partial charge in [0.1, 0.15) is 0 Å². The fourth-order valence-electron chi connectivity index (χ4n) is 1.84. The molecule has 0 amide bonds. The van der Waals surface area contributed by atoms with E-state index < -0.39 is 11.2 Å². The maximum absolute atomic E-state index is 11.7. The third kappa shape index (κ3) is 2.57. The molecule has 6 nitrogen and oxygen atoms in total. The fraction of sp³-hybridized carbons (Fsp3) is 0.308. The highest BCUT2D eigenvalue weighted by Gasteiger charge is 2.12. The Bertz CT molecular complexity index is 699. The maximum Gasteiger partial charge on any atom is 0.331 e. The van der Waals surface area contributed by atoms with Crippen molar-refractivity contribution in [2.75, 3.05) is 0 Å². The highest BCUT2D eigenvalue weighted by atomic mass is 16.3. The van der Waals surface area contributed by atoms with Crippen LogP contribution in [0.1, 0.15) is 23.7 Å². The van der Waals surface area contributed by atoms with E-state index in [0.717, 1.165) is 15.8 Å². The molecule has 0 aliphatic rings. The standard InChI is InChI=1S/C13H15N3O3/c1-3-10-11(17)15-13(19)16(12(10)18)7-9-5-4-8(2)14-6-9/h4-6,18H,3,7H2,1-2H3,(H,15,17,19). The van der Waals surface area contributed by atoms with E-state index in [9.17, 15) is 14.7 Å². The largest absolute Gasteiger partial charge is 0.494 e. The van der Waals surface area contributed by atoms with Crippen LogP contribution in [-0.2, 0) is 13.0 Å². The number of H-pyrrole nitrogens is 1. The maximum atomic E-state index is 11.7. The topological polar surface area (TPSA) is 88.0 Å². The molecule has 0 saturated heterocycles. The van der Waals surface area contributed by atoms with Crippen LogP contribution in [0.3, 0.4) is 0 Å². The molecule has 0 unspecified atom stereocenters. The number of hydrogen-bond acceptors (Lipinski definition) is 4. The molecule has 0 bridgehead atoms. The zero-order valence-corrected chi connectivity index (χ0v) is 10.8. The highest BCUT2D eigenvalue weighted by molar-refractivity contribution is 5.24. The molecule has 0 saturated carbocycles. The third-order valence-electron chi connectivity index (χ3n) is 2.93. The SMILES string of the molecule is CCc1c(O)n(Cc2ccc(C)nc2)c(=O)[nH]c1=O. The van der Waals surface area contributed by atoms with Gasteiger partial charge in [-0.05, 0) is 25.0 Å². The molecule has 2 aromatic rings. The molecule has 0 aromatic carbocycles. The summed E-state index contributed by atoms with van der Waals surface area (Å²) >= 11 is 0. The van der Waals surface area contributed by atoms with Crippen LogP contribution in [-0.4, -0.2) is 19.6 Å². The predicted molar refractivity (Wildman–Crippen MR) is 70.4 cm³/mol. The van der Waals surface area contributed by atoms with Crippen molar-refractivity contribution < 1.29 is 5.11 Å². The van der Waals surface area contributed by atoms with E-state index >= 15 is 0 Å². The number of rotatable bonds is 3. The van der Waals surface area contributed by atoms with Crippen molar-refractivity contribution >= 4 is 0 Å². The lowest BCUT2D eigenvalue weighted by atomic mass is 10.2. The van der Waals surface area contributed by atoms with Crippen molar-refractivity contribution in [2.24, 2.45) is 0 Å². The minimum absolute atomic E-state index is 0.168. The van der Waals surface area contributed by atoms with Crippen LogP contribution in [0.4, 0.5) is 0 Å². The number of pyridine rings is 1. The molecule has 2 N–H and O–H groups in total. The van der Waals surface area contributed by atoms with Crippen LogP contribution in [0.5, 0.6) is 5.88 Å². The Balaban J connectivity index is 2.48. The van der Waals surface area contributed by atoms with E-state index in [4.69, 9.17) is 0 Å². The zero-order valence-electron chi connectivity index (χ0n) is 10.8. The molecule has 0 spiro atoms. The van der Waals surface area contributed by atoms with E-state index in [1.165, 1.54) is 0 Å². The molecule has 0 radical (unpaired) electrons. The Labute approximate surface area is 109 Å². The number of aromatic hydroxyl groups is 1. The van der Waals surface area contributed by atoms with Crippen molar-refractivity contribution in [3.63, 3.8) is 0 Å². The van der Waals surface area contributed by atoms with Crippen LogP contribution in [0.25, 0.3) is 0 Å². The minimum atomic E-state index is -0.625. The van der Waals surface area contributed by atoms with E-state index in [1.54, 1.807) is 13.1 Å². The molecular formula is C13H15N3O3. The Morgan fingerprint density at radius 1 is 1.37 bits per heavy atom. The Morgan fingerprint density at radius 2 is 2.11 bits per heavy atom. The molecule has 0 aliphatic heterocycles. The first kappa shape index (κ1) is 13.1. The van der Waals surface area contributed by atoms with Crippen LogP contribution < -0.4 is 11.2 Å². The number of aromatic amines is 1. The summed E-state index contributed by atoms with van der Waals surface area (Å²) in [6.07, 6.45) is 1.99. The molecule has 0 atom stereocenters. The smallest absolute Gasteiger partial charge is 0.331 e. The van der Waals surface area contributed by atoms with E-state index in [-0.39, 0.29) is 18.0 Å². The van der Waals surface area contributed by atoms with Gasteiger partial charge in [-0.3, -0.25) is 19.3 Å². The summed E-state index contributed by atoms with van der Waals surface area (Å²) in [5, 5.41) is 9.99. The molecule has 100 valence electrons. The van der Waals surface area contributed by atoms with Gasteiger partial charge in [-0.2, -0.15) is 0 Å². The summed E-state index contributed by atoms with van der Waals surface area (Å²) in [5.74, 6) is -0.281. The highest BCUT2D eigenvalue weighted by Crippen LogP contribution is 2.12. The Kier molecular flexibility index (Phi) is 3.50. The number of nitrogens with one attached hydrogen (secondary N) is 1. The van der Waals surface area contributed by atoms with Crippen LogP contribution in [0.15, 0.2) is 27.9 Å². The van der Waals surface area contributed by atoms with Crippen molar-refractivity contribution in [1.82, 2.24) is 14.5 Å². The fourth-order valence-corrected chi connectivity index (χ4v) is 1.84. The molecular weight excluding hydrogens is 246 g/mol. The molecule has 19 heavy (non-hydrogen) atoms. The molecule has 2 aromatic heterocycles. The number of aromatic nitrogens is 3. The van der Waals surface area contributed by atoms with Gasteiger partial charge in [-0.25, -0.2) is 4.79 Å². The summed E-state index contributed by atoms with van der Waals surface area (Å²) in [6, 6.07) is 3.65. The van der Waals surface area contributed by atoms with Gasteiger partial charge < -0.3 is 5.11 Å². The van der Waals surface area contributed by atoms with Gasteiger partial charge in [-0.1, -0.05) is 13.0 Å². The summed E-state index contributed by atoms with van der Waals surface area (Å²) in [6.45, 7) is 3.77. The lowest BCUT2D eigenvalue weighted by molar-refractivity contribution is 0.402.